The minimum atomic E-state index is 0.255. The third-order valence-electron chi connectivity index (χ3n) is 2.46. The van der Waals surface area contributed by atoms with Gasteiger partial charge in [0.2, 0.25) is 0 Å². The zero-order chi connectivity index (χ0) is 9.10. The van der Waals surface area contributed by atoms with Gasteiger partial charge in [-0.25, -0.2) is 0 Å². The van der Waals surface area contributed by atoms with Crippen LogP contribution in [0, 0.1) is 0 Å². The number of hydrogen-bond acceptors (Lipinski definition) is 5. The normalized spacial score (nSPS) is 32.8. The molecule has 0 radical (unpaired) electrons. The maximum atomic E-state index is 5.33. The Balaban J connectivity index is 1.86. The van der Waals surface area contributed by atoms with E-state index in [0.29, 0.717) is 6.04 Å². The van der Waals surface area contributed by atoms with Crippen LogP contribution in [0.5, 0.6) is 0 Å². The molecule has 74 valence electrons. The van der Waals surface area contributed by atoms with Crippen molar-refractivity contribution in [1.82, 2.24) is 16.0 Å². The van der Waals surface area contributed by atoms with E-state index in [1.807, 2.05) is 0 Å². The molecule has 0 aromatic carbocycles. The average Bonchev–Trinajstić information content (AvgIpc) is 2.76. The Labute approximate surface area is 77.9 Å². The van der Waals surface area contributed by atoms with Crippen LogP contribution in [0.1, 0.15) is 0 Å². The number of ether oxygens (including phenoxy) is 1. The number of guanidine groups is 1. The third-order valence-corrected chi connectivity index (χ3v) is 2.46. The molecule has 5 heteroatoms. The van der Waals surface area contributed by atoms with Crippen LogP contribution in [0.4, 0.5) is 0 Å². The van der Waals surface area contributed by atoms with Gasteiger partial charge in [0.1, 0.15) is 0 Å². The van der Waals surface area contributed by atoms with Gasteiger partial charge in [-0.1, -0.05) is 0 Å². The van der Waals surface area contributed by atoms with E-state index in [1.54, 1.807) is 7.11 Å². The molecular formula is C8H16N4O. The molecular weight excluding hydrogens is 168 g/mol. The second-order valence-corrected chi connectivity index (χ2v) is 3.34. The molecule has 2 heterocycles. The van der Waals surface area contributed by atoms with Crippen molar-refractivity contribution in [3.8, 4) is 0 Å². The summed E-state index contributed by atoms with van der Waals surface area (Å²) in [5, 5.41) is 9.79. The molecule has 2 aliphatic rings. The summed E-state index contributed by atoms with van der Waals surface area (Å²) in [6.07, 6.45) is 0.255. The van der Waals surface area contributed by atoms with Crippen LogP contribution < -0.4 is 16.0 Å². The van der Waals surface area contributed by atoms with E-state index in [4.69, 9.17) is 4.74 Å². The molecule has 0 bridgehead atoms. The number of aliphatic imine (C=N–C) groups is 1. The fourth-order valence-corrected chi connectivity index (χ4v) is 1.72. The fourth-order valence-electron chi connectivity index (χ4n) is 1.72. The Kier molecular flexibility index (Phi) is 2.65. The molecule has 5 nitrogen and oxygen atoms in total. The summed E-state index contributed by atoms with van der Waals surface area (Å²) in [7, 11) is 1.75. The van der Waals surface area contributed by atoms with Gasteiger partial charge in [-0.05, 0) is 0 Å². The molecule has 0 aromatic rings. The van der Waals surface area contributed by atoms with Crippen LogP contribution in [0.15, 0.2) is 4.99 Å². The minimum absolute atomic E-state index is 0.255. The Morgan fingerprint density at radius 1 is 1.54 bits per heavy atom. The standard InChI is InChI=1S/C8H16N4O/c1-13-7-5-9-4-6(7)12-8-10-2-3-11-8/h6-7,9H,2-5H2,1H3,(H2,10,11,12)/t6?,7-/m0/s1. The molecule has 1 fully saturated rings. The summed E-state index contributed by atoms with van der Waals surface area (Å²) in [6.45, 7) is 3.68. The van der Waals surface area contributed by atoms with Crippen molar-refractivity contribution in [2.75, 3.05) is 33.3 Å². The lowest BCUT2D eigenvalue weighted by molar-refractivity contribution is 0.102. The lowest BCUT2D eigenvalue weighted by atomic mass is 10.2. The Morgan fingerprint density at radius 2 is 2.46 bits per heavy atom. The van der Waals surface area contributed by atoms with Crippen molar-refractivity contribution in [3.05, 3.63) is 0 Å². The molecule has 0 amide bonds. The van der Waals surface area contributed by atoms with Gasteiger partial charge < -0.3 is 20.7 Å². The molecule has 0 spiro atoms. The van der Waals surface area contributed by atoms with E-state index in [2.05, 4.69) is 20.9 Å². The third kappa shape index (κ3) is 1.92. The van der Waals surface area contributed by atoms with Crippen LogP contribution in [-0.4, -0.2) is 51.4 Å². The highest BCUT2D eigenvalue weighted by Gasteiger charge is 2.27. The summed E-state index contributed by atoms with van der Waals surface area (Å²) >= 11 is 0. The number of nitrogens with zero attached hydrogens (tertiary/aromatic N) is 1. The number of hydrogen-bond donors (Lipinski definition) is 3. The van der Waals surface area contributed by atoms with Crippen molar-refractivity contribution in [1.29, 1.82) is 0 Å². The topological polar surface area (TPSA) is 57.7 Å². The quantitative estimate of drug-likeness (QED) is 0.490. The van der Waals surface area contributed by atoms with Gasteiger partial charge >= 0.3 is 0 Å². The first kappa shape index (κ1) is 8.77. The molecule has 3 N–H and O–H groups in total. The van der Waals surface area contributed by atoms with Gasteiger partial charge in [0.25, 0.3) is 0 Å². The van der Waals surface area contributed by atoms with Crippen molar-refractivity contribution < 1.29 is 4.74 Å². The molecule has 2 aliphatic heterocycles. The molecule has 0 saturated carbocycles. The fraction of sp³-hybridized carbons (Fsp3) is 0.875. The molecule has 1 unspecified atom stereocenters. The minimum Gasteiger partial charge on any atom is -0.378 e. The van der Waals surface area contributed by atoms with Gasteiger partial charge in [-0.3, -0.25) is 4.99 Å². The highest BCUT2D eigenvalue weighted by molar-refractivity contribution is 5.81. The maximum Gasteiger partial charge on any atom is 0.191 e. The van der Waals surface area contributed by atoms with E-state index in [1.165, 1.54) is 0 Å². The monoisotopic (exact) mass is 184 g/mol. The highest BCUT2D eigenvalue weighted by atomic mass is 16.5. The van der Waals surface area contributed by atoms with Gasteiger partial charge in [-0.15, -0.1) is 0 Å². The highest BCUT2D eigenvalue weighted by Crippen LogP contribution is 2.03. The molecule has 1 saturated heterocycles. The summed E-state index contributed by atoms with van der Waals surface area (Å²) in [6, 6.07) is 0.342. The summed E-state index contributed by atoms with van der Waals surface area (Å²) in [4.78, 5) is 4.28. The first-order valence-electron chi connectivity index (χ1n) is 4.68. The molecule has 0 aliphatic carbocycles. The lowest BCUT2D eigenvalue weighted by Gasteiger charge is -2.19. The van der Waals surface area contributed by atoms with Crippen molar-refractivity contribution in [3.63, 3.8) is 0 Å². The van der Waals surface area contributed by atoms with Crippen molar-refractivity contribution in [2.45, 2.75) is 12.1 Å². The Morgan fingerprint density at radius 3 is 3.15 bits per heavy atom. The van der Waals surface area contributed by atoms with Gasteiger partial charge in [-0.2, -0.15) is 0 Å². The van der Waals surface area contributed by atoms with Crippen LogP contribution in [0.2, 0.25) is 0 Å². The second-order valence-electron chi connectivity index (χ2n) is 3.34. The van der Waals surface area contributed by atoms with Crippen LogP contribution in [-0.2, 0) is 4.74 Å². The summed E-state index contributed by atoms with van der Waals surface area (Å²) in [5.41, 5.74) is 0. The van der Waals surface area contributed by atoms with Crippen LogP contribution in [0.3, 0.4) is 0 Å². The SMILES string of the molecule is CO[C@H]1CNCC1NC1=NCCN1. The van der Waals surface area contributed by atoms with Crippen molar-refractivity contribution >= 4 is 5.96 Å². The first-order valence-corrected chi connectivity index (χ1v) is 4.68. The summed E-state index contributed by atoms with van der Waals surface area (Å²) in [5.74, 6) is 0.913. The molecule has 0 aromatic heterocycles. The summed E-state index contributed by atoms with van der Waals surface area (Å²) < 4.78 is 5.33. The average molecular weight is 184 g/mol. The lowest BCUT2D eigenvalue weighted by Crippen LogP contribution is -2.47. The van der Waals surface area contributed by atoms with Crippen LogP contribution in [0.25, 0.3) is 0 Å². The zero-order valence-corrected chi connectivity index (χ0v) is 7.84. The smallest absolute Gasteiger partial charge is 0.191 e. The first-order chi connectivity index (χ1) is 6.40. The van der Waals surface area contributed by atoms with Gasteiger partial charge in [0.15, 0.2) is 5.96 Å². The molecule has 13 heavy (non-hydrogen) atoms. The molecule has 2 atom stereocenters. The van der Waals surface area contributed by atoms with Crippen LogP contribution >= 0.6 is 0 Å². The number of rotatable bonds is 2. The second kappa shape index (κ2) is 3.93. The van der Waals surface area contributed by atoms with E-state index in [0.717, 1.165) is 32.1 Å². The Hall–Kier alpha value is -0.810. The number of methoxy groups -OCH3 is 1. The van der Waals surface area contributed by atoms with E-state index < -0.39 is 0 Å². The van der Waals surface area contributed by atoms with Gasteiger partial charge in [0, 0.05) is 26.7 Å². The largest absolute Gasteiger partial charge is 0.378 e. The molecule has 2 rings (SSSR count). The van der Waals surface area contributed by atoms with E-state index >= 15 is 0 Å². The van der Waals surface area contributed by atoms with E-state index in [9.17, 15) is 0 Å². The predicted molar refractivity (Wildman–Crippen MR) is 50.9 cm³/mol. The van der Waals surface area contributed by atoms with E-state index in [-0.39, 0.29) is 6.10 Å². The zero-order valence-electron chi connectivity index (χ0n) is 7.84. The number of nitrogens with one attached hydrogen (secondary N) is 3. The Bertz CT molecular complexity index is 206. The van der Waals surface area contributed by atoms with Crippen molar-refractivity contribution in [2.24, 2.45) is 4.99 Å². The van der Waals surface area contributed by atoms with Gasteiger partial charge in [0.05, 0.1) is 18.7 Å². The maximum absolute atomic E-state index is 5.33. The predicted octanol–water partition coefficient (Wildman–Crippen LogP) is -1.48.